The summed E-state index contributed by atoms with van der Waals surface area (Å²) in [5, 5.41) is 12.7. The number of furan rings is 1. The topological polar surface area (TPSA) is 142 Å². The van der Waals surface area contributed by atoms with Gasteiger partial charge in [-0.25, -0.2) is 9.78 Å². The molecule has 0 saturated carbocycles. The van der Waals surface area contributed by atoms with Crippen molar-refractivity contribution in [1.82, 2.24) is 14.8 Å². The number of amides is 4. The van der Waals surface area contributed by atoms with E-state index in [-0.39, 0.29) is 48.2 Å². The molecule has 10 nitrogen and oxygen atoms in total. The molecule has 31 heavy (non-hydrogen) atoms. The van der Waals surface area contributed by atoms with Crippen LogP contribution in [0.2, 0.25) is 0 Å². The van der Waals surface area contributed by atoms with Crippen LogP contribution < -0.4 is 11.1 Å². The fourth-order valence-corrected chi connectivity index (χ4v) is 4.47. The van der Waals surface area contributed by atoms with E-state index in [1.807, 2.05) is 0 Å². The molecule has 4 rings (SSSR count). The lowest BCUT2D eigenvalue weighted by atomic mass is 9.96. The Morgan fingerprint density at radius 2 is 2.03 bits per heavy atom. The molecule has 0 aliphatic carbocycles. The van der Waals surface area contributed by atoms with Crippen molar-refractivity contribution in [2.45, 2.75) is 38.6 Å². The lowest BCUT2D eigenvalue weighted by Crippen LogP contribution is -2.49. The Hall–Kier alpha value is -3.14. The van der Waals surface area contributed by atoms with Crippen molar-refractivity contribution in [3.05, 3.63) is 23.6 Å². The number of rotatable bonds is 4. The van der Waals surface area contributed by atoms with E-state index < -0.39 is 11.9 Å². The van der Waals surface area contributed by atoms with Gasteiger partial charge in [-0.1, -0.05) is 0 Å². The summed E-state index contributed by atoms with van der Waals surface area (Å²) in [4.78, 5) is 45.4. The Labute approximate surface area is 179 Å². The fourth-order valence-electron chi connectivity index (χ4n) is 4.47. The van der Waals surface area contributed by atoms with Crippen molar-refractivity contribution in [3.63, 3.8) is 0 Å². The molecule has 2 aromatic rings. The summed E-state index contributed by atoms with van der Waals surface area (Å²) >= 11 is 0. The van der Waals surface area contributed by atoms with Crippen LogP contribution in [0.1, 0.15) is 41.9 Å². The van der Waals surface area contributed by atoms with Gasteiger partial charge in [-0.3, -0.25) is 9.59 Å². The SMILES string of the molecule is Cc1ccc2c(NC(=O)N3CCC[C@@H](C(=O)N4CCC[C@@H]4CO)C3)c(C(N)=O)oc2n1. The maximum atomic E-state index is 13.0. The number of carbonyl (C=O) groups is 3. The lowest BCUT2D eigenvalue weighted by molar-refractivity contribution is -0.138. The molecule has 4 amide bonds. The third-order valence-corrected chi connectivity index (χ3v) is 6.08. The van der Waals surface area contributed by atoms with Gasteiger partial charge in [0, 0.05) is 25.3 Å². The number of pyridine rings is 1. The number of anilines is 1. The van der Waals surface area contributed by atoms with Crippen LogP contribution in [0.4, 0.5) is 10.5 Å². The predicted molar refractivity (Wildman–Crippen MR) is 112 cm³/mol. The van der Waals surface area contributed by atoms with Gasteiger partial charge in [-0.15, -0.1) is 0 Å². The molecule has 166 valence electrons. The summed E-state index contributed by atoms with van der Waals surface area (Å²) in [5.41, 5.74) is 6.55. The van der Waals surface area contributed by atoms with Crippen molar-refractivity contribution >= 4 is 34.6 Å². The first kappa shape index (κ1) is 21.1. The first-order valence-corrected chi connectivity index (χ1v) is 10.6. The summed E-state index contributed by atoms with van der Waals surface area (Å²) in [6, 6.07) is 2.90. The standard InChI is InChI=1S/C21H27N5O5/c1-12-6-7-15-16(17(18(22)28)31-19(15)23-12)24-21(30)25-8-2-4-13(10-25)20(29)26-9-3-5-14(26)11-27/h6-7,13-14,27H,2-5,8-11H2,1H3,(H2,22,28)(H,24,30)/t13-,14-/m1/s1. The monoisotopic (exact) mass is 429 g/mol. The minimum atomic E-state index is -0.804. The predicted octanol–water partition coefficient (Wildman–Crippen LogP) is 1.46. The molecule has 0 radical (unpaired) electrons. The largest absolute Gasteiger partial charge is 0.430 e. The van der Waals surface area contributed by atoms with Crippen molar-refractivity contribution in [1.29, 1.82) is 0 Å². The summed E-state index contributed by atoms with van der Waals surface area (Å²) in [5.74, 6) is -1.29. The van der Waals surface area contributed by atoms with E-state index in [1.165, 1.54) is 0 Å². The number of nitrogens with one attached hydrogen (secondary N) is 1. The molecule has 2 fully saturated rings. The van der Waals surface area contributed by atoms with Crippen LogP contribution in [0.15, 0.2) is 16.5 Å². The zero-order chi connectivity index (χ0) is 22.1. The number of hydrogen-bond donors (Lipinski definition) is 3. The number of aromatic nitrogens is 1. The molecule has 2 aliphatic heterocycles. The van der Waals surface area contributed by atoms with Crippen LogP contribution in [-0.4, -0.2) is 70.0 Å². The molecule has 0 unspecified atom stereocenters. The Balaban J connectivity index is 1.51. The third-order valence-electron chi connectivity index (χ3n) is 6.08. The van der Waals surface area contributed by atoms with Crippen LogP contribution in [-0.2, 0) is 4.79 Å². The molecule has 2 saturated heterocycles. The first-order chi connectivity index (χ1) is 14.9. The number of carbonyl (C=O) groups excluding carboxylic acids is 3. The highest BCUT2D eigenvalue weighted by Crippen LogP contribution is 2.31. The van der Waals surface area contributed by atoms with Gasteiger partial charge in [0.05, 0.1) is 24.0 Å². The zero-order valence-electron chi connectivity index (χ0n) is 17.5. The van der Waals surface area contributed by atoms with Gasteiger partial charge in [0.25, 0.3) is 5.91 Å². The third kappa shape index (κ3) is 4.07. The summed E-state index contributed by atoms with van der Waals surface area (Å²) in [6.07, 6.45) is 3.07. The molecule has 0 aromatic carbocycles. The van der Waals surface area contributed by atoms with Gasteiger partial charge in [0.2, 0.25) is 17.4 Å². The van der Waals surface area contributed by atoms with E-state index in [1.54, 1.807) is 28.9 Å². The molecule has 10 heteroatoms. The van der Waals surface area contributed by atoms with Crippen molar-refractivity contribution < 1.29 is 23.9 Å². The number of piperidine rings is 1. The van der Waals surface area contributed by atoms with Gasteiger partial charge >= 0.3 is 6.03 Å². The van der Waals surface area contributed by atoms with Gasteiger partial charge in [-0.2, -0.15) is 0 Å². The maximum Gasteiger partial charge on any atom is 0.321 e. The number of nitrogens with zero attached hydrogens (tertiary/aromatic N) is 3. The minimum Gasteiger partial charge on any atom is -0.430 e. The van der Waals surface area contributed by atoms with E-state index in [9.17, 15) is 19.5 Å². The van der Waals surface area contributed by atoms with E-state index in [0.29, 0.717) is 37.0 Å². The van der Waals surface area contributed by atoms with Crippen molar-refractivity contribution in [3.8, 4) is 0 Å². The number of likely N-dealkylation sites (tertiary alicyclic amines) is 2. The number of nitrogens with two attached hydrogens (primary N) is 1. The number of urea groups is 1. The highest BCUT2D eigenvalue weighted by molar-refractivity contribution is 6.09. The van der Waals surface area contributed by atoms with Crippen LogP contribution in [0.25, 0.3) is 11.1 Å². The zero-order valence-corrected chi connectivity index (χ0v) is 17.5. The summed E-state index contributed by atoms with van der Waals surface area (Å²) < 4.78 is 5.48. The smallest absolute Gasteiger partial charge is 0.321 e. The molecule has 0 spiro atoms. The average Bonchev–Trinajstić information content (AvgIpc) is 3.37. The molecule has 4 heterocycles. The Morgan fingerprint density at radius 3 is 2.77 bits per heavy atom. The molecule has 2 aromatic heterocycles. The Kier molecular flexibility index (Phi) is 5.81. The van der Waals surface area contributed by atoms with Gasteiger partial charge in [0.15, 0.2) is 0 Å². The van der Waals surface area contributed by atoms with E-state index in [2.05, 4.69) is 10.3 Å². The molecular weight excluding hydrogens is 402 g/mol. The molecule has 2 atom stereocenters. The number of primary amides is 1. The van der Waals surface area contributed by atoms with Crippen molar-refractivity contribution in [2.24, 2.45) is 11.7 Å². The normalized spacial score (nSPS) is 21.5. The second kappa shape index (κ2) is 8.54. The second-order valence-corrected chi connectivity index (χ2v) is 8.20. The molecule has 4 N–H and O–H groups in total. The number of fused-ring (bicyclic) bond motifs is 1. The maximum absolute atomic E-state index is 13.0. The second-order valence-electron chi connectivity index (χ2n) is 8.20. The highest BCUT2D eigenvalue weighted by Gasteiger charge is 2.36. The number of aliphatic hydroxyl groups excluding tert-OH is 1. The van der Waals surface area contributed by atoms with E-state index in [4.69, 9.17) is 10.2 Å². The van der Waals surface area contributed by atoms with Crippen LogP contribution in [0, 0.1) is 12.8 Å². The lowest BCUT2D eigenvalue weighted by Gasteiger charge is -2.35. The molecule has 0 bridgehead atoms. The van der Waals surface area contributed by atoms with Crippen molar-refractivity contribution in [2.75, 3.05) is 31.6 Å². The van der Waals surface area contributed by atoms with E-state index >= 15 is 0 Å². The minimum absolute atomic E-state index is 0.0136. The van der Waals surface area contributed by atoms with Crippen LogP contribution >= 0.6 is 0 Å². The molecular formula is C21H27N5O5. The van der Waals surface area contributed by atoms with E-state index in [0.717, 1.165) is 12.8 Å². The first-order valence-electron chi connectivity index (χ1n) is 10.6. The summed E-state index contributed by atoms with van der Waals surface area (Å²) in [7, 11) is 0. The molecule has 2 aliphatic rings. The number of hydrogen-bond acceptors (Lipinski definition) is 6. The average molecular weight is 429 g/mol. The number of aliphatic hydroxyl groups is 1. The fraction of sp³-hybridized carbons (Fsp3) is 0.524. The Morgan fingerprint density at radius 1 is 1.26 bits per heavy atom. The summed E-state index contributed by atoms with van der Waals surface area (Å²) in [6.45, 7) is 3.16. The van der Waals surface area contributed by atoms with Gasteiger partial charge in [0.1, 0.15) is 5.69 Å². The van der Waals surface area contributed by atoms with Gasteiger partial charge < -0.3 is 30.4 Å². The van der Waals surface area contributed by atoms with Gasteiger partial charge in [-0.05, 0) is 44.7 Å². The Bertz CT molecular complexity index is 1020. The highest BCUT2D eigenvalue weighted by atomic mass is 16.4. The van der Waals surface area contributed by atoms with Crippen LogP contribution in [0.5, 0.6) is 0 Å². The van der Waals surface area contributed by atoms with Crippen LogP contribution in [0.3, 0.4) is 0 Å². The number of aryl methyl sites for hydroxylation is 1. The quantitative estimate of drug-likeness (QED) is 0.672.